The standard InChI is InChI=1S/C30H25BrN2O4S/c1-19-8-10-24(14-20(19)2)37-13-12-32-17-22(25-16-23(31)9-11-26(25)32)15-28-29(35)33(30(36)38-28)18-27(34)21-6-4-3-5-7-21/h3-11,14-17H,12-13,18H2,1-2H3/b28-15-. The van der Waals surface area contributed by atoms with Gasteiger partial charge in [0.25, 0.3) is 11.1 Å². The molecule has 0 unspecified atom stereocenters. The van der Waals surface area contributed by atoms with Crippen LogP contribution in [-0.2, 0) is 11.3 Å². The molecular formula is C30H25BrN2O4S. The van der Waals surface area contributed by atoms with E-state index in [2.05, 4.69) is 34.3 Å². The van der Waals surface area contributed by atoms with Crippen LogP contribution in [-0.4, -0.2) is 39.5 Å². The molecule has 192 valence electrons. The van der Waals surface area contributed by atoms with E-state index < -0.39 is 11.1 Å². The van der Waals surface area contributed by atoms with Gasteiger partial charge in [-0.05, 0) is 73.1 Å². The maximum absolute atomic E-state index is 13.1. The molecule has 2 amide bonds. The van der Waals surface area contributed by atoms with Crippen molar-refractivity contribution in [3.63, 3.8) is 0 Å². The summed E-state index contributed by atoms with van der Waals surface area (Å²) < 4.78 is 8.98. The van der Waals surface area contributed by atoms with Gasteiger partial charge in [0.05, 0.1) is 18.0 Å². The predicted octanol–water partition coefficient (Wildman–Crippen LogP) is 7.02. The van der Waals surface area contributed by atoms with Crippen LogP contribution in [0.4, 0.5) is 4.79 Å². The number of amides is 2. The van der Waals surface area contributed by atoms with Gasteiger partial charge < -0.3 is 9.30 Å². The maximum Gasteiger partial charge on any atom is 0.293 e. The minimum absolute atomic E-state index is 0.279. The molecule has 0 radical (unpaired) electrons. The summed E-state index contributed by atoms with van der Waals surface area (Å²) in [6.07, 6.45) is 3.69. The van der Waals surface area contributed by atoms with Gasteiger partial charge in [-0.2, -0.15) is 0 Å². The molecule has 1 saturated heterocycles. The average molecular weight is 590 g/mol. The molecule has 38 heavy (non-hydrogen) atoms. The van der Waals surface area contributed by atoms with Gasteiger partial charge in [0.2, 0.25) is 0 Å². The van der Waals surface area contributed by atoms with Gasteiger partial charge >= 0.3 is 0 Å². The van der Waals surface area contributed by atoms with Crippen LogP contribution in [0.3, 0.4) is 0 Å². The van der Waals surface area contributed by atoms with Crippen LogP contribution in [0.2, 0.25) is 0 Å². The molecule has 0 N–H and O–H groups in total. The monoisotopic (exact) mass is 588 g/mol. The lowest BCUT2D eigenvalue weighted by Gasteiger charge is -2.11. The van der Waals surface area contributed by atoms with E-state index in [1.165, 1.54) is 11.1 Å². The lowest BCUT2D eigenvalue weighted by atomic mass is 10.1. The van der Waals surface area contributed by atoms with E-state index in [9.17, 15) is 14.4 Å². The number of imide groups is 1. The Morgan fingerprint density at radius 3 is 2.55 bits per heavy atom. The summed E-state index contributed by atoms with van der Waals surface area (Å²) in [4.78, 5) is 39.7. The highest BCUT2D eigenvalue weighted by Gasteiger charge is 2.36. The minimum Gasteiger partial charge on any atom is -0.492 e. The second-order valence-electron chi connectivity index (χ2n) is 9.09. The number of nitrogens with zero attached hydrogens (tertiary/aromatic N) is 2. The van der Waals surface area contributed by atoms with Gasteiger partial charge in [-0.25, -0.2) is 0 Å². The number of rotatable bonds is 8. The van der Waals surface area contributed by atoms with Crippen molar-refractivity contribution in [2.45, 2.75) is 20.4 Å². The quantitative estimate of drug-likeness (QED) is 0.163. The number of carbonyl (C=O) groups excluding carboxylic acids is 3. The zero-order valence-corrected chi connectivity index (χ0v) is 23.3. The Hall–Kier alpha value is -3.62. The Balaban J connectivity index is 1.36. The lowest BCUT2D eigenvalue weighted by Crippen LogP contribution is -2.33. The average Bonchev–Trinajstić information content (AvgIpc) is 3.37. The Morgan fingerprint density at radius 1 is 1.00 bits per heavy atom. The van der Waals surface area contributed by atoms with Gasteiger partial charge in [0.15, 0.2) is 5.78 Å². The summed E-state index contributed by atoms with van der Waals surface area (Å²) in [7, 11) is 0. The molecule has 1 fully saturated rings. The number of halogens is 1. The number of thioether (sulfide) groups is 1. The van der Waals surface area contributed by atoms with Gasteiger partial charge in [-0.15, -0.1) is 0 Å². The zero-order chi connectivity index (χ0) is 26.8. The first-order valence-electron chi connectivity index (χ1n) is 12.1. The summed E-state index contributed by atoms with van der Waals surface area (Å²) in [6, 6.07) is 20.7. The number of aromatic nitrogens is 1. The number of fused-ring (bicyclic) bond motifs is 1. The number of carbonyl (C=O) groups is 3. The fourth-order valence-electron chi connectivity index (χ4n) is 4.30. The molecule has 0 aliphatic carbocycles. The lowest BCUT2D eigenvalue weighted by molar-refractivity contribution is -0.122. The van der Waals surface area contributed by atoms with Crippen LogP contribution in [0.15, 0.2) is 82.3 Å². The second kappa shape index (κ2) is 11.0. The molecule has 0 spiro atoms. The molecule has 6 nitrogen and oxygen atoms in total. The molecule has 0 atom stereocenters. The largest absolute Gasteiger partial charge is 0.492 e. The highest BCUT2D eigenvalue weighted by Crippen LogP contribution is 2.35. The van der Waals surface area contributed by atoms with Crippen molar-refractivity contribution < 1.29 is 19.1 Å². The van der Waals surface area contributed by atoms with Crippen molar-refractivity contribution in [1.29, 1.82) is 0 Å². The maximum atomic E-state index is 13.1. The third-order valence-electron chi connectivity index (χ3n) is 6.51. The van der Waals surface area contributed by atoms with Crippen molar-refractivity contribution in [2.75, 3.05) is 13.2 Å². The third kappa shape index (κ3) is 5.47. The van der Waals surface area contributed by atoms with Crippen LogP contribution in [0.5, 0.6) is 5.75 Å². The number of hydrogen-bond donors (Lipinski definition) is 0. The van der Waals surface area contributed by atoms with E-state index in [0.717, 1.165) is 43.4 Å². The van der Waals surface area contributed by atoms with Crippen LogP contribution >= 0.6 is 27.7 Å². The fourth-order valence-corrected chi connectivity index (χ4v) is 5.49. The molecule has 1 aliphatic heterocycles. The summed E-state index contributed by atoms with van der Waals surface area (Å²) in [5, 5.41) is 0.495. The number of aryl methyl sites for hydroxylation is 2. The number of ether oxygens (including phenoxy) is 1. The van der Waals surface area contributed by atoms with Crippen LogP contribution in [0.1, 0.15) is 27.0 Å². The normalized spacial score (nSPS) is 14.6. The second-order valence-corrected chi connectivity index (χ2v) is 11.0. The summed E-state index contributed by atoms with van der Waals surface area (Å²) in [5.74, 6) is 0.0861. The number of Topliss-reactive ketones (excluding diaryl/α,β-unsaturated/α-hetero) is 1. The first-order valence-corrected chi connectivity index (χ1v) is 13.7. The van der Waals surface area contributed by atoms with Crippen molar-refractivity contribution in [1.82, 2.24) is 9.47 Å². The van der Waals surface area contributed by atoms with Crippen LogP contribution in [0, 0.1) is 13.8 Å². The van der Waals surface area contributed by atoms with E-state index in [4.69, 9.17) is 4.74 Å². The molecule has 4 aromatic rings. The van der Waals surface area contributed by atoms with Crippen molar-refractivity contribution in [2.24, 2.45) is 0 Å². The molecular weight excluding hydrogens is 564 g/mol. The summed E-state index contributed by atoms with van der Waals surface area (Å²) in [5.41, 5.74) is 4.67. The highest BCUT2D eigenvalue weighted by atomic mass is 79.9. The van der Waals surface area contributed by atoms with Crippen LogP contribution < -0.4 is 4.74 Å². The molecule has 8 heteroatoms. The Morgan fingerprint density at radius 2 is 1.79 bits per heavy atom. The smallest absolute Gasteiger partial charge is 0.293 e. The van der Waals surface area contributed by atoms with E-state index in [1.807, 2.05) is 48.7 Å². The SMILES string of the molecule is Cc1ccc(OCCn2cc(/C=C3\SC(=O)N(CC(=O)c4ccccc4)C3=O)c3cc(Br)ccc32)cc1C. The van der Waals surface area contributed by atoms with E-state index >= 15 is 0 Å². The predicted molar refractivity (Wildman–Crippen MR) is 154 cm³/mol. The van der Waals surface area contributed by atoms with Crippen molar-refractivity contribution in [3.8, 4) is 5.75 Å². The minimum atomic E-state index is -0.460. The van der Waals surface area contributed by atoms with Gasteiger partial charge in [0.1, 0.15) is 12.4 Å². The molecule has 5 rings (SSSR count). The first kappa shape index (κ1) is 26.0. The zero-order valence-electron chi connectivity index (χ0n) is 20.9. The number of ketones is 1. The van der Waals surface area contributed by atoms with E-state index in [0.29, 0.717) is 23.6 Å². The molecule has 3 aromatic carbocycles. The van der Waals surface area contributed by atoms with Gasteiger partial charge in [0, 0.05) is 32.7 Å². The van der Waals surface area contributed by atoms with E-state index in [-0.39, 0.29) is 12.3 Å². The number of hydrogen-bond acceptors (Lipinski definition) is 5. The molecule has 2 heterocycles. The fraction of sp³-hybridized carbons (Fsp3) is 0.167. The Kier molecular flexibility index (Phi) is 7.53. The molecule has 1 aliphatic rings. The molecule has 1 aromatic heterocycles. The molecule has 0 saturated carbocycles. The van der Waals surface area contributed by atoms with E-state index in [1.54, 1.807) is 30.3 Å². The summed E-state index contributed by atoms with van der Waals surface area (Å²) >= 11 is 4.39. The number of benzene rings is 3. The van der Waals surface area contributed by atoms with Crippen molar-refractivity contribution >= 4 is 61.6 Å². The Bertz CT molecular complexity index is 1590. The van der Waals surface area contributed by atoms with Crippen molar-refractivity contribution in [3.05, 3.63) is 105 Å². The van der Waals surface area contributed by atoms with Crippen LogP contribution in [0.25, 0.3) is 17.0 Å². The highest BCUT2D eigenvalue weighted by molar-refractivity contribution is 9.10. The summed E-state index contributed by atoms with van der Waals surface area (Å²) in [6.45, 7) is 4.92. The third-order valence-corrected chi connectivity index (χ3v) is 7.91. The Labute approximate surface area is 233 Å². The van der Waals surface area contributed by atoms with Gasteiger partial charge in [-0.1, -0.05) is 52.3 Å². The molecule has 0 bridgehead atoms. The van der Waals surface area contributed by atoms with Gasteiger partial charge in [-0.3, -0.25) is 19.3 Å². The first-order chi connectivity index (χ1) is 18.3. The topological polar surface area (TPSA) is 68.6 Å².